The van der Waals surface area contributed by atoms with Gasteiger partial charge >= 0.3 is 0 Å². The predicted molar refractivity (Wildman–Crippen MR) is 67.7 cm³/mol. The number of amides is 1. The molecule has 1 amide bonds. The third kappa shape index (κ3) is 2.73. The third-order valence-corrected chi connectivity index (χ3v) is 3.32. The first-order valence-corrected chi connectivity index (χ1v) is 6.14. The summed E-state index contributed by atoms with van der Waals surface area (Å²) in [5.41, 5.74) is 0.350. The van der Waals surface area contributed by atoms with Gasteiger partial charge in [-0.15, -0.1) is 0 Å². The van der Waals surface area contributed by atoms with Gasteiger partial charge in [-0.2, -0.15) is 0 Å². The monoisotopic (exact) mass is 250 g/mol. The predicted octanol–water partition coefficient (Wildman–Crippen LogP) is 0.968. The van der Waals surface area contributed by atoms with Crippen molar-refractivity contribution < 1.29 is 15.0 Å². The molecule has 1 aromatic carbocycles. The van der Waals surface area contributed by atoms with Gasteiger partial charge < -0.3 is 20.8 Å². The van der Waals surface area contributed by atoms with Crippen LogP contribution >= 0.6 is 0 Å². The average molecular weight is 250 g/mol. The van der Waals surface area contributed by atoms with Crippen LogP contribution in [-0.4, -0.2) is 34.7 Å². The molecule has 5 heteroatoms. The van der Waals surface area contributed by atoms with E-state index < -0.39 is 0 Å². The topological polar surface area (TPSA) is 81.6 Å². The molecule has 18 heavy (non-hydrogen) atoms. The van der Waals surface area contributed by atoms with Crippen LogP contribution in [0, 0.1) is 0 Å². The van der Waals surface area contributed by atoms with Gasteiger partial charge in [0.15, 0.2) is 11.5 Å². The van der Waals surface area contributed by atoms with Gasteiger partial charge in [0, 0.05) is 17.6 Å². The Hall–Kier alpha value is -1.75. The van der Waals surface area contributed by atoms with Gasteiger partial charge in [-0.3, -0.25) is 4.79 Å². The lowest BCUT2D eigenvalue weighted by molar-refractivity contribution is 0.0919. The number of phenolic OH excluding ortho intramolecular Hbond substituents is 2. The van der Waals surface area contributed by atoms with E-state index in [2.05, 4.69) is 10.6 Å². The van der Waals surface area contributed by atoms with E-state index in [1.807, 2.05) is 6.92 Å². The van der Waals surface area contributed by atoms with Crippen molar-refractivity contribution in [3.63, 3.8) is 0 Å². The minimum absolute atomic E-state index is 0.0993. The van der Waals surface area contributed by atoms with Crippen molar-refractivity contribution in [2.45, 2.75) is 31.8 Å². The molecule has 0 radical (unpaired) electrons. The molecule has 1 aliphatic rings. The van der Waals surface area contributed by atoms with E-state index in [0.29, 0.717) is 5.56 Å². The maximum absolute atomic E-state index is 12.0. The van der Waals surface area contributed by atoms with E-state index in [1.54, 1.807) is 0 Å². The first-order chi connectivity index (χ1) is 8.58. The van der Waals surface area contributed by atoms with E-state index in [1.165, 1.54) is 18.2 Å². The molecule has 98 valence electrons. The highest BCUT2D eigenvalue weighted by molar-refractivity contribution is 5.95. The van der Waals surface area contributed by atoms with E-state index in [9.17, 15) is 15.0 Å². The van der Waals surface area contributed by atoms with Gasteiger partial charge in [-0.25, -0.2) is 0 Å². The summed E-state index contributed by atoms with van der Waals surface area (Å²) in [5, 5.41) is 24.8. The molecule has 1 heterocycles. The summed E-state index contributed by atoms with van der Waals surface area (Å²) in [5.74, 6) is -0.734. The quantitative estimate of drug-likeness (QED) is 0.589. The molecular formula is C13H18N2O3. The average Bonchev–Trinajstić information content (AvgIpc) is 2.35. The van der Waals surface area contributed by atoms with Gasteiger partial charge in [-0.1, -0.05) is 0 Å². The van der Waals surface area contributed by atoms with Gasteiger partial charge in [0.2, 0.25) is 0 Å². The zero-order chi connectivity index (χ0) is 13.1. The number of nitrogens with one attached hydrogen (secondary N) is 2. The SMILES string of the molecule is CC1NCCCC1NC(=O)c1ccc(O)c(O)c1. The van der Waals surface area contributed by atoms with Crippen molar-refractivity contribution in [1.29, 1.82) is 0 Å². The maximum Gasteiger partial charge on any atom is 0.251 e. The highest BCUT2D eigenvalue weighted by Gasteiger charge is 2.23. The van der Waals surface area contributed by atoms with Crippen LogP contribution in [0.1, 0.15) is 30.1 Å². The minimum atomic E-state index is -0.280. The number of carbonyl (C=O) groups excluding carboxylic acids is 1. The van der Waals surface area contributed by atoms with Gasteiger partial charge in [0.25, 0.3) is 5.91 Å². The third-order valence-electron chi connectivity index (χ3n) is 3.32. The van der Waals surface area contributed by atoms with Crippen LogP contribution in [-0.2, 0) is 0 Å². The fraction of sp³-hybridized carbons (Fsp3) is 0.462. The fourth-order valence-electron chi connectivity index (χ4n) is 2.16. The highest BCUT2D eigenvalue weighted by atomic mass is 16.3. The van der Waals surface area contributed by atoms with E-state index in [4.69, 9.17) is 0 Å². The van der Waals surface area contributed by atoms with Crippen LogP contribution in [0.2, 0.25) is 0 Å². The molecule has 1 saturated heterocycles. The first-order valence-electron chi connectivity index (χ1n) is 6.14. The Balaban J connectivity index is 2.04. The summed E-state index contributed by atoms with van der Waals surface area (Å²) in [6.07, 6.45) is 1.99. The van der Waals surface area contributed by atoms with Crippen LogP contribution < -0.4 is 10.6 Å². The fourth-order valence-corrected chi connectivity index (χ4v) is 2.16. The molecule has 2 rings (SSSR count). The molecule has 1 aliphatic heterocycles. The number of benzene rings is 1. The second kappa shape index (κ2) is 5.27. The van der Waals surface area contributed by atoms with Crippen LogP contribution in [0.15, 0.2) is 18.2 Å². The number of phenols is 2. The summed E-state index contributed by atoms with van der Waals surface area (Å²) in [7, 11) is 0. The lowest BCUT2D eigenvalue weighted by Crippen LogP contribution is -2.51. The molecule has 4 N–H and O–H groups in total. The zero-order valence-electron chi connectivity index (χ0n) is 10.3. The molecule has 0 aromatic heterocycles. The molecule has 2 unspecified atom stereocenters. The minimum Gasteiger partial charge on any atom is -0.504 e. The second-order valence-corrected chi connectivity index (χ2v) is 4.67. The van der Waals surface area contributed by atoms with Crippen molar-refractivity contribution in [3.8, 4) is 11.5 Å². The standard InChI is InChI=1S/C13H18N2O3/c1-8-10(3-2-6-14-8)15-13(18)9-4-5-11(16)12(17)7-9/h4-5,7-8,10,14,16-17H,2-3,6H2,1H3,(H,15,18). The molecule has 2 atom stereocenters. The summed E-state index contributed by atoms with van der Waals surface area (Å²) in [6.45, 7) is 3.02. The Bertz CT molecular complexity index is 448. The number of piperidine rings is 1. The van der Waals surface area contributed by atoms with Crippen LogP contribution in [0.5, 0.6) is 11.5 Å². The molecule has 1 aromatic rings. The van der Waals surface area contributed by atoms with Gasteiger partial charge in [0.1, 0.15) is 0 Å². The smallest absolute Gasteiger partial charge is 0.251 e. The van der Waals surface area contributed by atoms with Crippen LogP contribution in [0.4, 0.5) is 0 Å². The van der Waals surface area contributed by atoms with Crippen molar-refractivity contribution >= 4 is 5.91 Å². The number of carbonyl (C=O) groups is 1. The van der Waals surface area contributed by atoms with Gasteiger partial charge in [0.05, 0.1) is 0 Å². The number of hydrogen-bond acceptors (Lipinski definition) is 4. The molecule has 5 nitrogen and oxygen atoms in total. The largest absolute Gasteiger partial charge is 0.504 e. The number of aromatic hydroxyl groups is 2. The molecule has 0 aliphatic carbocycles. The summed E-state index contributed by atoms with van der Waals surface area (Å²) >= 11 is 0. The Labute approximate surface area is 106 Å². The lowest BCUT2D eigenvalue weighted by Gasteiger charge is -2.30. The Kier molecular flexibility index (Phi) is 3.72. The maximum atomic E-state index is 12.0. The number of hydrogen-bond donors (Lipinski definition) is 4. The Morgan fingerprint density at radius 3 is 2.83 bits per heavy atom. The molecule has 1 fully saturated rings. The number of rotatable bonds is 2. The highest BCUT2D eigenvalue weighted by Crippen LogP contribution is 2.24. The summed E-state index contributed by atoms with van der Waals surface area (Å²) in [6, 6.07) is 4.42. The van der Waals surface area contributed by atoms with Crippen molar-refractivity contribution in [3.05, 3.63) is 23.8 Å². The molecule has 0 spiro atoms. The molecule has 0 saturated carbocycles. The molecular weight excluding hydrogens is 232 g/mol. The van der Waals surface area contributed by atoms with E-state index >= 15 is 0 Å². The van der Waals surface area contributed by atoms with Crippen molar-refractivity contribution in [2.24, 2.45) is 0 Å². The molecule has 0 bridgehead atoms. The van der Waals surface area contributed by atoms with Crippen molar-refractivity contribution in [2.75, 3.05) is 6.54 Å². The normalized spacial score (nSPS) is 23.6. The Morgan fingerprint density at radius 2 is 2.17 bits per heavy atom. The zero-order valence-corrected chi connectivity index (χ0v) is 10.3. The first kappa shape index (κ1) is 12.7. The van der Waals surface area contributed by atoms with Crippen LogP contribution in [0.25, 0.3) is 0 Å². The van der Waals surface area contributed by atoms with Crippen LogP contribution in [0.3, 0.4) is 0 Å². The summed E-state index contributed by atoms with van der Waals surface area (Å²) in [4.78, 5) is 12.0. The van der Waals surface area contributed by atoms with E-state index in [0.717, 1.165) is 19.4 Å². The second-order valence-electron chi connectivity index (χ2n) is 4.67. The Morgan fingerprint density at radius 1 is 1.39 bits per heavy atom. The summed E-state index contributed by atoms with van der Waals surface area (Å²) < 4.78 is 0. The van der Waals surface area contributed by atoms with Gasteiger partial charge in [-0.05, 0) is 44.5 Å². The van der Waals surface area contributed by atoms with Crippen molar-refractivity contribution in [1.82, 2.24) is 10.6 Å². The lowest BCUT2D eigenvalue weighted by atomic mass is 9.99. The van der Waals surface area contributed by atoms with E-state index in [-0.39, 0.29) is 29.5 Å².